The van der Waals surface area contributed by atoms with Gasteiger partial charge in [0.05, 0.1) is 11.7 Å². The van der Waals surface area contributed by atoms with E-state index in [9.17, 15) is 4.79 Å². The number of aryl methyl sites for hydroxylation is 1. The smallest absolute Gasteiger partial charge is 0.220 e. The quantitative estimate of drug-likeness (QED) is 0.545. The first kappa shape index (κ1) is 19.1. The molecule has 0 aliphatic carbocycles. The van der Waals surface area contributed by atoms with Gasteiger partial charge in [-0.3, -0.25) is 9.78 Å². The minimum absolute atomic E-state index is 0.00241. The molecule has 0 N–H and O–H groups in total. The molecule has 4 rings (SSSR count). The number of rotatable bonds is 3. The van der Waals surface area contributed by atoms with E-state index in [-0.39, 0.29) is 17.9 Å². The standard InChI is InChI=1S/C26H26N2O/c1-18-14-23(16-27-25(18)21-10-6-4-7-11-21)24-15-19(2)26(28(17-24)20(3)29)22-12-8-5-9-13-22/h4-16,24,26H,17H2,1-3H3/t24-,26+/m0/s1. The Kier molecular flexibility index (Phi) is 5.30. The molecule has 3 heteroatoms. The molecular weight excluding hydrogens is 356 g/mol. The SMILES string of the molecule is CC(=O)N1C[C@@H](c2cnc(-c3ccccc3)c(C)c2)C=C(C)[C@@H]1c1ccccc1. The van der Waals surface area contributed by atoms with Gasteiger partial charge >= 0.3 is 0 Å². The van der Waals surface area contributed by atoms with Crippen LogP contribution in [0.25, 0.3) is 11.3 Å². The second-order valence-electron chi connectivity index (χ2n) is 7.80. The minimum atomic E-state index is 0.00241. The molecule has 1 amide bonds. The van der Waals surface area contributed by atoms with E-state index in [0.717, 1.165) is 27.9 Å². The van der Waals surface area contributed by atoms with E-state index in [0.29, 0.717) is 6.54 Å². The highest BCUT2D eigenvalue weighted by Gasteiger charge is 2.31. The molecule has 0 bridgehead atoms. The van der Waals surface area contributed by atoms with Gasteiger partial charge in [0, 0.05) is 31.1 Å². The number of carbonyl (C=O) groups excluding carboxylic acids is 1. The minimum Gasteiger partial charge on any atom is -0.331 e. The first-order valence-electron chi connectivity index (χ1n) is 10.1. The van der Waals surface area contributed by atoms with Crippen molar-refractivity contribution in [2.45, 2.75) is 32.7 Å². The highest BCUT2D eigenvalue weighted by Crippen LogP contribution is 2.37. The van der Waals surface area contributed by atoms with Gasteiger partial charge in [0.2, 0.25) is 5.91 Å². The Morgan fingerprint density at radius 1 is 0.966 bits per heavy atom. The third-order valence-electron chi connectivity index (χ3n) is 5.70. The molecule has 2 atom stereocenters. The summed E-state index contributed by atoms with van der Waals surface area (Å²) in [7, 11) is 0. The number of pyridine rings is 1. The maximum Gasteiger partial charge on any atom is 0.220 e. The summed E-state index contributed by atoms with van der Waals surface area (Å²) >= 11 is 0. The van der Waals surface area contributed by atoms with Crippen molar-refractivity contribution < 1.29 is 4.79 Å². The summed E-state index contributed by atoms with van der Waals surface area (Å²) in [5.41, 5.74) is 6.80. The Labute approximate surface area is 172 Å². The molecule has 0 fully saturated rings. The van der Waals surface area contributed by atoms with Crippen molar-refractivity contribution in [2.24, 2.45) is 0 Å². The number of hydrogen-bond acceptors (Lipinski definition) is 2. The van der Waals surface area contributed by atoms with Crippen molar-refractivity contribution in [1.29, 1.82) is 0 Å². The van der Waals surface area contributed by atoms with Gasteiger partial charge in [-0.2, -0.15) is 0 Å². The molecule has 0 unspecified atom stereocenters. The predicted molar refractivity (Wildman–Crippen MR) is 117 cm³/mol. The molecular formula is C26H26N2O. The summed E-state index contributed by atoms with van der Waals surface area (Å²) in [6, 6.07) is 22.7. The van der Waals surface area contributed by atoms with E-state index < -0.39 is 0 Å². The molecule has 2 aromatic carbocycles. The molecule has 0 saturated carbocycles. The average Bonchev–Trinajstić information content (AvgIpc) is 2.74. The average molecular weight is 383 g/mol. The van der Waals surface area contributed by atoms with E-state index in [1.807, 2.05) is 47.5 Å². The van der Waals surface area contributed by atoms with Crippen LogP contribution in [-0.4, -0.2) is 22.3 Å². The number of hydrogen-bond donors (Lipinski definition) is 0. The van der Waals surface area contributed by atoms with Gasteiger partial charge in [-0.15, -0.1) is 0 Å². The van der Waals surface area contributed by atoms with Crippen molar-refractivity contribution in [2.75, 3.05) is 6.54 Å². The zero-order valence-electron chi connectivity index (χ0n) is 17.2. The zero-order chi connectivity index (χ0) is 20.4. The Morgan fingerprint density at radius 3 is 2.24 bits per heavy atom. The van der Waals surface area contributed by atoms with Crippen LogP contribution in [0.15, 0.2) is 84.6 Å². The van der Waals surface area contributed by atoms with Crippen LogP contribution in [0.5, 0.6) is 0 Å². The highest BCUT2D eigenvalue weighted by atomic mass is 16.2. The van der Waals surface area contributed by atoms with Gasteiger partial charge in [-0.25, -0.2) is 0 Å². The fourth-order valence-corrected chi connectivity index (χ4v) is 4.31. The zero-order valence-corrected chi connectivity index (χ0v) is 17.2. The molecule has 146 valence electrons. The van der Waals surface area contributed by atoms with E-state index in [4.69, 9.17) is 4.98 Å². The van der Waals surface area contributed by atoms with Crippen LogP contribution in [0.3, 0.4) is 0 Å². The van der Waals surface area contributed by atoms with Gasteiger partial charge in [0.15, 0.2) is 0 Å². The van der Waals surface area contributed by atoms with Gasteiger partial charge in [-0.1, -0.05) is 72.8 Å². The molecule has 1 aliphatic rings. The first-order valence-corrected chi connectivity index (χ1v) is 10.1. The summed E-state index contributed by atoms with van der Waals surface area (Å²) in [6.45, 7) is 6.55. The molecule has 1 aliphatic heterocycles. The number of amides is 1. The maximum atomic E-state index is 12.5. The fourth-order valence-electron chi connectivity index (χ4n) is 4.31. The summed E-state index contributed by atoms with van der Waals surface area (Å²) in [5.74, 6) is 0.247. The number of carbonyl (C=O) groups is 1. The second-order valence-corrected chi connectivity index (χ2v) is 7.80. The fraction of sp³-hybridized carbons (Fsp3) is 0.231. The van der Waals surface area contributed by atoms with Gasteiger partial charge in [0.25, 0.3) is 0 Å². The lowest BCUT2D eigenvalue weighted by Crippen LogP contribution is -2.39. The number of benzene rings is 2. The Balaban J connectivity index is 1.68. The lowest BCUT2D eigenvalue weighted by atomic mass is 9.86. The summed E-state index contributed by atoms with van der Waals surface area (Å²) < 4.78 is 0. The summed E-state index contributed by atoms with van der Waals surface area (Å²) in [5, 5.41) is 0. The molecule has 3 nitrogen and oxygen atoms in total. The third-order valence-corrected chi connectivity index (χ3v) is 5.70. The van der Waals surface area contributed by atoms with E-state index in [1.165, 1.54) is 5.57 Å². The maximum absolute atomic E-state index is 12.5. The highest BCUT2D eigenvalue weighted by molar-refractivity contribution is 5.75. The van der Waals surface area contributed by atoms with E-state index in [1.54, 1.807) is 6.92 Å². The number of aromatic nitrogens is 1. The second kappa shape index (κ2) is 8.04. The molecule has 0 saturated heterocycles. The monoisotopic (exact) mass is 382 g/mol. The van der Waals surface area contributed by atoms with Crippen molar-refractivity contribution in [1.82, 2.24) is 9.88 Å². The lowest BCUT2D eigenvalue weighted by molar-refractivity contribution is -0.131. The van der Waals surface area contributed by atoms with Crippen molar-refractivity contribution in [3.8, 4) is 11.3 Å². The van der Waals surface area contributed by atoms with E-state index in [2.05, 4.69) is 50.3 Å². The van der Waals surface area contributed by atoms with Crippen molar-refractivity contribution in [3.63, 3.8) is 0 Å². The topological polar surface area (TPSA) is 33.2 Å². The third kappa shape index (κ3) is 3.86. The predicted octanol–water partition coefficient (Wildman–Crippen LogP) is 5.69. The van der Waals surface area contributed by atoms with Crippen LogP contribution in [0, 0.1) is 6.92 Å². The number of nitrogens with zero attached hydrogens (tertiary/aromatic N) is 2. The summed E-state index contributed by atoms with van der Waals surface area (Å²) in [4.78, 5) is 19.2. The van der Waals surface area contributed by atoms with Gasteiger partial charge in [0.1, 0.15) is 0 Å². The normalized spacial score (nSPS) is 19.0. The summed E-state index contributed by atoms with van der Waals surface area (Å²) in [6.07, 6.45) is 4.26. The van der Waals surface area contributed by atoms with Crippen LogP contribution in [0.4, 0.5) is 0 Å². The van der Waals surface area contributed by atoms with Crippen molar-refractivity contribution >= 4 is 5.91 Å². The molecule has 0 spiro atoms. The molecule has 0 radical (unpaired) electrons. The molecule has 3 aromatic rings. The van der Waals surface area contributed by atoms with Crippen LogP contribution in [0.2, 0.25) is 0 Å². The Bertz CT molecular complexity index is 1040. The lowest BCUT2D eigenvalue weighted by Gasteiger charge is -2.39. The van der Waals surface area contributed by atoms with Crippen LogP contribution < -0.4 is 0 Å². The Morgan fingerprint density at radius 2 is 1.62 bits per heavy atom. The largest absolute Gasteiger partial charge is 0.331 e. The van der Waals surface area contributed by atoms with E-state index >= 15 is 0 Å². The first-order chi connectivity index (χ1) is 14.0. The van der Waals surface area contributed by atoms with Crippen LogP contribution in [-0.2, 0) is 4.79 Å². The molecule has 1 aromatic heterocycles. The van der Waals surface area contributed by atoms with Gasteiger partial charge in [-0.05, 0) is 36.1 Å². The Hall–Kier alpha value is -3.20. The van der Waals surface area contributed by atoms with Gasteiger partial charge < -0.3 is 4.90 Å². The van der Waals surface area contributed by atoms with Crippen LogP contribution >= 0.6 is 0 Å². The molecule has 29 heavy (non-hydrogen) atoms. The van der Waals surface area contributed by atoms with Crippen molar-refractivity contribution in [3.05, 3.63) is 101 Å². The van der Waals surface area contributed by atoms with Crippen LogP contribution in [0.1, 0.15) is 42.5 Å². The molecule has 2 heterocycles.